The van der Waals surface area contributed by atoms with Gasteiger partial charge in [0.2, 0.25) is 0 Å². The van der Waals surface area contributed by atoms with Crippen molar-refractivity contribution in [1.29, 1.82) is 0 Å². The molecule has 27 heavy (non-hydrogen) atoms. The highest BCUT2D eigenvalue weighted by molar-refractivity contribution is 7.86. The lowest BCUT2D eigenvalue weighted by atomic mass is 10.0. The molecule has 0 aliphatic heterocycles. The number of carbonyl (C=O) groups is 1. The second-order valence-corrected chi connectivity index (χ2v) is 7.32. The summed E-state index contributed by atoms with van der Waals surface area (Å²) in [5.41, 5.74) is 0.833. The second-order valence-electron chi connectivity index (χ2n) is 5.75. The number of methoxy groups -OCH3 is 1. The van der Waals surface area contributed by atoms with Gasteiger partial charge in [0.15, 0.2) is 11.9 Å². The van der Waals surface area contributed by atoms with Gasteiger partial charge in [-0.15, -0.1) is 0 Å². The molecule has 0 heterocycles. The fourth-order valence-corrected chi connectivity index (χ4v) is 3.59. The average Bonchev–Trinajstić information content (AvgIpc) is 2.73. The minimum atomic E-state index is -4.16. The molecule has 1 unspecified atom stereocenters. The topological polar surface area (TPSA) is 69.7 Å². The largest absolute Gasteiger partial charge is 0.497 e. The summed E-state index contributed by atoms with van der Waals surface area (Å²) in [6.07, 6.45) is -1.28. The van der Waals surface area contributed by atoms with Crippen molar-refractivity contribution in [2.45, 2.75) is 11.0 Å². The average molecular weight is 382 g/mol. The van der Waals surface area contributed by atoms with Crippen LogP contribution in [0.1, 0.15) is 22.0 Å². The third-order valence-corrected chi connectivity index (χ3v) is 5.27. The molecule has 0 spiro atoms. The summed E-state index contributed by atoms with van der Waals surface area (Å²) in [5, 5.41) is 0. The number of Topliss-reactive ketones (excluding diaryl/α,β-unsaturated/α-hetero) is 1. The van der Waals surface area contributed by atoms with Gasteiger partial charge in [-0.25, -0.2) is 4.18 Å². The van der Waals surface area contributed by atoms with Gasteiger partial charge in [0.25, 0.3) is 10.1 Å². The van der Waals surface area contributed by atoms with Crippen LogP contribution in [0.4, 0.5) is 0 Å². The summed E-state index contributed by atoms with van der Waals surface area (Å²) in [6.45, 7) is 0. The summed E-state index contributed by atoms with van der Waals surface area (Å²) in [5.74, 6) is 0.0906. The summed E-state index contributed by atoms with van der Waals surface area (Å²) < 4.78 is 35.9. The minimum Gasteiger partial charge on any atom is -0.497 e. The van der Waals surface area contributed by atoms with E-state index in [0.717, 1.165) is 0 Å². The van der Waals surface area contributed by atoms with Crippen molar-refractivity contribution in [1.82, 2.24) is 0 Å². The van der Waals surface area contributed by atoms with Crippen LogP contribution in [0.5, 0.6) is 5.75 Å². The number of hydrogen-bond acceptors (Lipinski definition) is 5. The molecule has 5 nitrogen and oxygen atoms in total. The van der Waals surface area contributed by atoms with Crippen molar-refractivity contribution in [3.05, 3.63) is 96.1 Å². The molecule has 0 saturated heterocycles. The molecule has 0 amide bonds. The van der Waals surface area contributed by atoms with E-state index < -0.39 is 22.0 Å². The Kier molecular flexibility index (Phi) is 5.69. The van der Waals surface area contributed by atoms with Crippen LogP contribution in [0.2, 0.25) is 0 Å². The molecule has 3 aromatic carbocycles. The van der Waals surface area contributed by atoms with E-state index in [0.29, 0.717) is 16.9 Å². The van der Waals surface area contributed by atoms with Gasteiger partial charge in [0.05, 0.1) is 12.0 Å². The Morgan fingerprint density at radius 3 is 1.93 bits per heavy atom. The molecule has 3 aromatic rings. The van der Waals surface area contributed by atoms with Crippen LogP contribution in [0.3, 0.4) is 0 Å². The molecule has 0 radical (unpaired) electrons. The Bertz CT molecular complexity index is 997. The van der Waals surface area contributed by atoms with E-state index in [2.05, 4.69) is 0 Å². The zero-order valence-electron chi connectivity index (χ0n) is 14.6. The number of carbonyl (C=O) groups excluding carboxylic acids is 1. The fraction of sp³-hybridized carbons (Fsp3) is 0.0952. The number of ketones is 1. The number of rotatable bonds is 7. The third-order valence-electron chi connectivity index (χ3n) is 3.97. The number of ether oxygens (including phenoxy) is 1. The highest BCUT2D eigenvalue weighted by Crippen LogP contribution is 2.28. The summed E-state index contributed by atoms with van der Waals surface area (Å²) in [6, 6.07) is 22.8. The molecule has 3 rings (SSSR count). The second kappa shape index (κ2) is 8.16. The maximum Gasteiger partial charge on any atom is 0.298 e. The van der Waals surface area contributed by atoms with Gasteiger partial charge in [-0.2, -0.15) is 8.42 Å². The lowest BCUT2D eigenvalue weighted by Crippen LogP contribution is -2.20. The van der Waals surface area contributed by atoms with Gasteiger partial charge < -0.3 is 4.74 Å². The van der Waals surface area contributed by atoms with Crippen molar-refractivity contribution in [2.75, 3.05) is 7.11 Å². The molecule has 0 aliphatic rings. The van der Waals surface area contributed by atoms with E-state index in [1.54, 1.807) is 60.7 Å². The van der Waals surface area contributed by atoms with Gasteiger partial charge in [-0.05, 0) is 29.8 Å². The van der Waals surface area contributed by atoms with Crippen LogP contribution >= 0.6 is 0 Å². The van der Waals surface area contributed by atoms with Crippen LogP contribution in [0.25, 0.3) is 0 Å². The van der Waals surface area contributed by atoms with E-state index in [1.807, 2.05) is 0 Å². The zero-order valence-corrected chi connectivity index (χ0v) is 15.4. The van der Waals surface area contributed by atoms with E-state index in [1.165, 1.54) is 31.4 Å². The first-order chi connectivity index (χ1) is 13.0. The minimum absolute atomic E-state index is 0.0508. The SMILES string of the molecule is COc1ccc(S(=O)(=O)OC(C(=O)c2ccccc2)c2ccccc2)cc1. The summed E-state index contributed by atoms with van der Waals surface area (Å²) >= 11 is 0. The number of benzene rings is 3. The summed E-state index contributed by atoms with van der Waals surface area (Å²) in [7, 11) is -2.67. The standard InChI is InChI=1S/C21H18O5S/c1-25-18-12-14-19(15-13-18)27(23,24)26-21(17-10-6-3-7-11-17)20(22)16-8-4-2-5-9-16/h2-15,21H,1H3. The molecule has 0 bridgehead atoms. The molecule has 138 valence electrons. The van der Waals surface area contributed by atoms with E-state index in [-0.39, 0.29) is 4.90 Å². The van der Waals surface area contributed by atoms with Crippen LogP contribution < -0.4 is 4.74 Å². The molecule has 0 aromatic heterocycles. The quantitative estimate of drug-likeness (QED) is 0.456. The van der Waals surface area contributed by atoms with Crippen molar-refractivity contribution in [3.8, 4) is 5.75 Å². The predicted molar refractivity (Wildman–Crippen MR) is 101 cm³/mol. The monoisotopic (exact) mass is 382 g/mol. The first-order valence-electron chi connectivity index (χ1n) is 8.23. The number of hydrogen-bond donors (Lipinski definition) is 0. The van der Waals surface area contributed by atoms with E-state index >= 15 is 0 Å². The lowest BCUT2D eigenvalue weighted by molar-refractivity contribution is 0.0801. The van der Waals surface area contributed by atoms with Crippen LogP contribution in [-0.2, 0) is 14.3 Å². The Balaban J connectivity index is 1.97. The maximum atomic E-state index is 12.9. The fourth-order valence-electron chi connectivity index (χ4n) is 2.56. The molecule has 0 N–H and O–H groups in total. The van der Waals surface area contributed by atoms with Gasteiger partial charge in [-0.1, -0.05) is 60.7 Å². The maximum absolute atomic E-state index is 12.9. The van der Waals surface area contributed by atoms with E-state index in [9.17, 15) is 13.2 Å². The first-order valence-corrected chi connectivity index (χ1v) is 9.63. The normalized spacial score (nSPS) is 12.3. The molecule has 0 saturated carbocycles. The smallest absolute Gasteiger partial charge is 0.298 e. The van der Waals surface area contributed by atoms with Crippen molar-refractivity contribution < 1.29 is 22.1 Å². The van der Waals surface area contributed by atoms with E-state index in [4.69, 9.17) is 8.92 Å². The summed E-state index contributed by atoms with van der Waals surface area (Å²) in [4.78, 5) is 12.9. The van der Waals surface area contributed by atoms with Crippen molar-refractivity contribution >= 4 is 15.9 Å². The van der Waals surface area contributed by atoms with Gasteiger partial charge >= 0.3 is 0 Å². The molecule has 0 fully saturated rings. The molecular weight excluding hydrogens is 364 g/mol. The van der Waals surface area contributed by atoms with Crippen LogP contribution in [-0.4, -0.2) is 21.3 Å². The third kappa shape index (κ3) is 4.42. The lowest BCUT2D eigenvalue weighted by Gasteiger charge is -2.17. The highest BCUT2D eigenvalue weighted by atomic mass is 32.2. The Hall–Kier alpha value is -2.96. The Morgan fingerprint density at radius 2 is 1.37 bits per heavy atom. The van der Waals surface area contributed by atoms with Crippen molar-refractivity contribution in [2.24, 2.45) is 0 Å². The van der Waals surface area contributed by atoms with Gasteiger partial charge in [0, 0.05) is 5.56 Å². The molecular formula is C21H18O5S. The Morgan fingerprint density at radius 1 is 0.815 bits per heavy atom. The van der Waals surface area contributed by atoms with Crippen molar-refractivity contribution in [3.63, 3.8) is 0 Å². The molecule has 1 atom stereocenters. The van der Waals surface area contributed by atoms with Gasteiger partial charge in [0.1, 0.15) is 5.75 Å². The molecule has 0 aliphatic carbocycles. The zero-order chi connectivity index (χ0) is 19.3. The predicted octanol–water partition coefficient (Wildman–Crippen LogP) is 4.02. The van der Waals surface area contributed by atoms with Crippen LogP contribution in [0.15, 0.2) is 89.8 Å². The van der Waals surface area contributed by atoms with Crippen LogP contribution in [0, 0.1) is 0 Å². The Labute approximate surface area is 158 Å². The first kappa shape index (κ1) is 18.8. The van der Waals surface area contributed by atoms with Gasteiger partial charge in [-0.3, -0.25) is 4.79 Å². The highest BCUT2D eigenvalue weighted by Gasteiger charge is 2.29. The molecule has 6 heteroatoms.